The van der Waals surface area contributed by atoms with E-state index >= 15 is 0 Å². The summed E-state index contributed by atoms with van der Waals surface area (Å²) < 4.78 is 40.6. The zero-order valence-electron chi connectivity index (χ0n) is 8.77. The largest absolute Gasteiger partial charge is 0.497 e. The predicted molar refractivity (Wildman–Crippen MR) is 55.9 cm³/mol. The van der Waals surface area contributed by atoms with Crippen LogP contribution in [0.25, 0.3) is 0 Å². The SMILES string of the molecule is COc1ccc(CNC(=O)C(F)(F)F)c(Cl)c1. The first kappa shape index (κ1) is 13.6. The molecule has 0 aromatic heterocycles. The highest BCUT2D eigenvalue weighted by Crippen LogP contribution is 2.22. The topological polar surface area (TPSA) is 38.3 Å². The molecule has 0 atom stereocenters. The van der Waals surface area contributed by atoms with Crippen molar-refractivity contribution in [3.8, 4) is 5.75 Å². The molecular formula is C10H9ClF3NO2. The van der Waals surface area contributed by atoms with Crippen LogP contribution in [-0.2, 0) is 11.3 Å². The summed E-state index contributed by atoms with van der Waals surface area (Å²) in [6.07, 6.45) is -4.89. The maximum Gasteiger partial charge on any atom is 0.471 e. The summed E-state index contributed by atoms with van der Waals surface area (Å²) in [4.78, 5) is 10.6. The van der Waals surface area contributed by atoms with E-state index in [0.717, 1.165) is 0 Å². The molecule has 1 rings (SSSR count). The molecule has 0 heterocycles. The highest BCUT2D eigenvalue weighted by molar-refractivity contribution is 6.31. The van der Waals surface area contributed by atoms with Gasteiger partial charge in [0.15, 0.2) is 0 Å². The molecule has 0 saturated heterocycles. The Balaban J connectivity index is 2.67. The van der Waals surface area contributed by atoms with E-state index < -0.39 is 12.1 Å². The summed E-state index contributed by atoms with van der Waals surface area (Å²) in [6.45, 7) is -0.291. The quantitative estimate of drug-likeness (QED) is 0.914. The lowest BCUT2D eigenvalue weighted by atomic mass is 10.2. The van der Waals surface area contributed by atoms with Crippen LogP contribution >= 0.6 is 11.6 Å². The monoisotopic (exact) mass is 267 g/mol. The normalized spacial score (nSPS) is 11.1. The molecule has 7 heteroatoms. The van der Waals surface area contributed by atoms with Crippen LogP contribution in [0.5, 0.6) is 5.75 Å². The zero-order valence-corrected chi connectivity index (χ0v) is 9.52. The van der Waals surface area contributed by atoms with Crippen LogP contribution in [-0.4, -0.2) is 19.2 Å². The van der Waals surface area contributed by atoms with E-state index in [9.17, 15) is 18.0 Å². The van der Waals surface area contributed by atoms with Crippen molar-refractivity contribution in [2.75, 3.05) is 7.11 Å². The first-order chi connectivity index (χ1) is 7.84. The highest BCUT2D eigenvalue weighted by Gasteiger charge is 2.38. The summed E-state index contributed by atoms with van der Waals surface area (Å²) in [7, 11) is 1.44. The Labute approximate surface area is 101 Å². The number of hydrogen-bond donors (Lipinski definition) is 1. The first-order valence-electron chi connectivity index (χ1n) is 4.52. The van der Waals surface area contributed by atoms with Crippen LogP contribution in [0, 0.1) is 0 Å². The molecule has 0 fully saturated rings. The van der Waals surface area contributed by atoms with E-state index in [4.69, 9.17) is 16.3 Å². The van der Waals surface area contributed by atoms with Gasteiger partial charge >= 0.3 is 12.1 Å². The average molecular weight is 268 g/mol. The number of carbonyl (C=O) groups is 1. The van der Waals surface area contributed by atoms with Crippen molar-refractivity contribution in [1.29, 1.82) is 0 Å². The molecule has 0 saturated carbocycles. The van der Waals surface area contributed by atoms with Gasteiger partial charge in [-0.2, -0.15) is 13.2 Å². The van der Waals surface area contributed by atoms with Crippen LogP contribution in [0.4, 0.5) is 13.2 Å². The molecule has 94 valence electrons. The van der Waals surface area contributed by atoms with Gasteiger partial charge in [-0.3, -0.25) is 4.79 Å². The van der Waals surface area contributed by atoms with Crippen LogP contribution in [0.3, 0.4) is 0 Å². The first-order valence-corrected chi connectivity index (χ1v) is 4.90. The van der Waals surface area contributed by atoms with E-state index in [-0.39, 0.29) is 11.6 Å². The molecule has 1 aromatic rings. The number of benzene rings is 1. The van der Waals surface area contributed by atoms with E-state index in [0.29, 0.717) is 11.3 Å². The van der Waals surface area contributed by atoms with Crippen molar-refractivity contribution in [3.05, 3.63) is 28.8 Å². The van der Waals surface area contributed by atoms with Gasteiger partial charge in [0.2, 0.25) is 0 Å². The minimum absolute atomic E-state index is 0.229. The summed E-state index contributed by atoms with van der Waals surface area (Å²) in [5, 5.41) is 1.96. The lowest BCUT2D eigenvalue weighted by molar-refractivity contribution is -0.173. The molecule has 0 unspecified atom stereocenters. The van der Waals surface area contributed by atoms with Crippen molar-refractivity contribution < 1.29 is 22.7 Å². The second kappa shape index (κ2) is 5.27. The summed E-state index contributed by atoms with van der Waals surface area (Å²) >= 11 is 5.79. The maximum absolute atomic E-state index is 11.9. The number of ether oxygens (including phenoxy) is 1. The highest BCUT2D eigenvalue weighted by atomic mass is 35.5. The summed E-state index contributed by atoms with van der Waals surface area (Å²) in [5.41, 5.74) is 0.380. The number of methoxy groups -OCH3 is 1. The van der Waals surface area contributed by atoms with Crippen molar-refractivity contribution in [2.24, 2.45) is 0 Å². The van der Waals surface area contributed by atoms with Gasteiger partial charge in [-0.05, 0) is 17.7 Å². The van der Waals surface area contributed by atoms with Gasteiger partial charge in [0.1, 0.15) is 5.75 Å². The van der Waals surface area contributed by atoms with Gasteiger partial charge in [0.25, 0.3) is 0 Å². The number of carbonyl (C=O) groups excluding carboxylic acids is 1. The van der Waals surface area contributed by atoms with E-state index in [1.807, 2.05) is 0 Å². The number of nitrogens with one attached hydrogen (secondary N) is 1. The molecule has 3 nitrogen and oxygen atoms in total. The number of halogens is 4. The minimum Gasteiger partial charge on any atom is -0.497 e. The van der Waals surface area contributed by atoms with E-state index in [1.54, 1.807) is 11.4 Å². The van der Waals surface area contributed by atoms with Gasteiger partial charge in [-0.25, -0.2) is 0 Å². The Bertz CT molecular complexity index is 421. The summed E-state index contributed by atoms with van der Waals surface area (Å²) in [5.74, 6) is -1.51. The molecular weight excluding hydrogens is 259 g/mol. The molecule has 0 aliphatic rings. The smallest absolute Gasteiger partial charge is 0.471 e. The fraction of sp³-hybridized carbons (Fsp3) is 0.300. The standard InChI is InChI=1S/C10H9ClF3NO2/c1-17-7-3-2-6(8(11)4-7)5-15-9(16)10(12,13)14/h2-4H,5H2,1H3,(H,15,16). The molecule has 0 bridgehead atoms. The third-order valence-corrected chi connectivity index (χ3v) is 2.31. The average Bonchev–Trinajstić information content (AvgIpc) is 2.25. The van der Waals surface area contributed by atoms with Crippen molar-refractivity contribution in [1.82, 2.24) is 5.32 Å². The molecule has 1 aromatic carbocycles. The number of amides is 1. The van der Waals surface area contributed by atoms with Gasteiger partial charge in [-0.1, -0.05) is 17.7 Å². The number of alkyl halides is 3. The lowest BCUT2D eigenvalue weighted by Crippen LogP contribution is -2.36. The second-order valence-electron chi connectivity index (χ2n) is 3.14. The number of rotatable bonds is 3. The molecule has 1 amide bonds. The molecule has 0 aliphatic carbocycles. The van der Waals surface area contributed by atoms with Gasteiger partial charge < -0.3 is 10.1 Å². The minimum atomic E-state index is -4.89. The lowest BCUT2D eigenvalue weighted by Gasteiger charge is -2.09. The van der Waals surface area contributed by atoms with Crippen molar-refractivity contribution in [2.45, 2.75) is 12.7 Å². The van der Waals surface area contributed by atoms with Crippen LogP contribution in [0.15, 0.2) is 18.2 Å². The second-order valence-corrected chi connectivity index (χ2v) is 3.54. The molecule has 0 spiro atoms. The molecule has 0 aliphatic heterocycles. The molecule has 1 N–H and O–H groups in total. The Kier molecular flexibility index (Phi) is 4.22. The fourth-order valence-electron chi connectivity index (χ4n) is 1.07. The van der Waals surface area contributed by atoms with Crippen LogP contribution in [0.2, 0.25) is 5.02 Å². The Morgan fingerprint density at radius 1 is 1.47 bits per heavy atom. The zero-order chi connectivity index (χ0) is 13.1. The van der Waals surface area contributed by atoms with Gasteiger partial charge in [0, 0.05) is 11.6 Å². The van der Waals surface area contributed by atoms with Crippen molar-refractivity contribution >= 4 is 17.5 Å². The Morgan fingerprint density at radius 3 is 2.59 bits per heavy atom. The number of hydrogen-bond acceptors (Lipinski definition) is 2. The fourth-order valence-corrected chi connectivity index (χ4v) is 1.31. The molecule has 17 heavy (non-hydrogen) atoms. The summed E-state index contributed by atoms with van der Waals surface area (Å²) in [6, 6.07) is 4.48. The maximum atomic E-state index is 11.9. The van der Waals surface area contributed by atoms with E-state index in [2.05, 4.69) is 0 Å². The van der Waals surface area contributed by atoms with Crippen molar-refractivity contribution in [3.63, 3.8) is 0 Å². The van der Waals surface area contributed by atoms with Crippen LogP contribution < -0.4 is 10.1 Å². The molecule has 0 radical (unpaired) electrons. The van der Waals surface area contributed by atoms with Gasteiger partial charge in [-0.15, -0.1) is 0 Å². The predicted octanol–water partition coefficient (Wildman–Crippen LogP) is 2.53. The third-order valence-electron chi connectivity index (χ3n) is 1.96. The Morgan fingerprint density at radius 2 is 2.12 bits per heavy atom. The Hall–Kier alpha value is -1.43. The third kappa shape index (κ3) is 3.81. The van der Waals surface area contributed by atoms with Crippen LogP contribution in [0.1, 0.15) is 5.56 Å². The van der Waals surface area contributed by atoms with E-state index in [1.165, 1.54) is 19.2 Å². The van der Waals surface area contributed by atoms with Gasteiger partial charge in [0.05, 0.1) is 7.11 Å².